The van der Waals surface area contributed by atoms with Crippen LogP contribution in [-0.2, 0) is 5.54 Å². The molecular formula is C16H23N2. The summed E-state index contributed by atoms with van der Waals surface area (Å²) in [5.74, 6) is 0. The average Bonchev–Trinajstić information content (AvgIpc) is 2.91. The van der Waals surface area contributed by atoms with E-state index >= 15 is 0 Å². The standard InChI is InChI=1S/C16H23N2/c1-17-11-13-18(14-12-17)16(9-5-6-10-16)15-7-3-2-4-8-15/h3-4,7-8H,5-6,9-14H2,1H3. The van der Waals surface area contributed by atoms with Crippen LogP contribution in [0, 0.1) is 6.07 Å². The maximum Gasteiger partial charge on any atom is 0.0461 e. The predicted octanol–water partition coefficient (Wildman–Crippen LogP) is 2.50. The fourth-order valence-electron chi connectivity index (χ4n) is 3.68. The molecule has 0 aromatic heterocycles. The van der Waals surface area contributed by atoms with E-state index in [0.717, 1.165) is 0 Å². The summed E-state index contributed by atoms with van der Waals surface area (Å²) in [4.78, 5) is 5.19. The zero-order chi connectivity index (χ0) is 12.4. The molecule has 1 saturated heterocycles. The maximum atomic E-state index is 3.16. The Morgan fingerprint density at radius 1 is 1.00 bits per heavy atom. The van der Waals surface area contributed by atoms with Crippen molar-refractivity contribution in [1.82, 2.24) is 9.80 Å². The van der Waals surface area contributed by atoms with Gasteiger partial charge in [0, 0.05) is 31.7 Å². The molecule has 0 atom stereocenters. The van der Waals surface area contributed by atoms with E-state index in [9.17, 15) is 0 Å². The van der Waals surface area contributed by atoms with Gasteiger partial charge in [-0.15, -0.1) is 0 Å². The second-order valence-electron chi connectivity index (χ2n) is 5.82. The van der Waals surface area contributed by atoms with Crippen molar-refractivity contribution < 1.29 is 0 Å². The molecule has 1 saturated carbocycles. The lowest BCUT2D eigenvalue weighted by Gasteiger charge is -2.46. The van der Waals surface area contributed by atoms with Crippen molar-refractivity contribution in [2.24, 2.45) is 0 Å². The Labute approximate surface area is 111 Å². The molecule has 2 heteroatoms. The van der Waals surface area contributed by atoms with Gasteiger partial charge < -0.3 is 4.90 Å². The van der Waals surface area contributed by atoms with Crippen molar-refractivity contribution in [2.75, 3.05) is 33.2 Å². The molecule has 1 aliphatic heterocycles. The summed E-state index contributed by atoms with van der Waals surface area (Å²) in [6, 6.07) is 11.9. The molecule has 0 spiro atoms. The van der Waals surface area contributed by atoms with Crippen molar-refractivity contribution in [3.8, 4) is 0 Å². The van der Waals surface area contributed by atoms with Gasteiger partial charge in [-0.3, -0.25) is 4.90 Å². The van der Waals surface area contributed by atoms with Crippen LogP contribution in [0.1, 0.15) is 31.2 Å². The minimum absolute atomic E-state index is 0.330. The van der Waals surface area contributed by atoms with Crippen LogP contribution in [0.5, 0.6) is 0 Å². The monoisotopic (exact) mass is 243 g/mol. The van der Waals surface area contributed by atoms with Gasteiger partial charge in [-0.25, -0.2) is 0 Å². The van der Waals surface area contributed by atoms with Gasteiger partial charge >= 0.3 is 0 Å². The summed E-state index contributed by atoms with van der Waals surface area (Å²) in [5.41, 5.74) is 1.85. The molecule has 2 nitrogen and oxygen atoms in total. The molecule has 0 amide bonds. The number of hydrogen-bond donors (Lipinski definition) is 0. The number of benzene rings is 1. The topological polar surface area (TPSA) is 6.48 Å². The van der Waals surface area contributed by atoms with Gasteiger partial charge in [0.25, 0.3) is 0 Å². The summed E-state index contributed by atoms with van der Waals surface area (Å²) in [7, 11) is 2.23. The summed E-state index contributed by atoms with van der Waals surface area (Å²) < 4.78 is 0. The van der Waals surface area contributed by atoms with Crippen LogP contribution in [0.4, 0.5) is 0 Å². The first-order valence-corrected chi connectivity index (χ1v) is 7.21. The van der Waals surface area contributed by atoms with Crippen molar-refractivity contribution >= 4 is 0 Å². The van der Waals surface area contributed by atoms with Gasteiger partial charge in [0.1, 0.15) is 0 Å². The van der Waals surface area contributed by atoms with Crippen LogP contribution < -0.4 is 0 Å². The summed E-state index contributed by atoms with van der Waals surface area (Å²) in [5, 5.41) is 0. The van der Waals surface area contributed by atoms with Crippen molar-refractivity contribution in [3.63, 3.8) is 0 Å². The Balaban J connectivity index is 1.87. The quantitative estimate of drug-likeness (QED) is 0.787. The van der Waals surface area contributed by atoms with Crippen LogP contribution in [-0.4, -0.2) is 43.0 Å². The zero-order valence-electron chi connectivity index (χ0n) is 11.4. The third-order valence-electron chi connectivity index (χ3n) is 4.79. The molecule has 1 aromatic rings. The molecule has 3 rings (SSSR count). The van der Waals surface area contributed by atoms with Gasteiger partial charge in [-0.05, 0) is 31.5 Å². The van der Waals surface area contributed by atoms with Crippen molar-refractivity contribution in [2.45, 2.75) is 31.2 Å². The highest BCUT2D eigenvalue weighted by molar-refractivity contribution is 5.25. The lowest BCUT2D eigenvalue weighted by Crippen LogP contribution is -2.53. The third kappa shape index (κ3) is 2.08. The molecular weight excluding hydrogens is 220 g/mol. The van der Waals surface area contributed by atoms with Gasteiger partial charge in [0.2, 0.25) is 0 Å². The minimum atomic E-state index is 0.330. The number of hydrogen-bond acceptors (Lipinski definition) is 2. The lowest BCUT2D eigenvalue weighted by atomic mass is 9.85. The molecule has 1 aromatic carbocycles. The first-order chi connectivity index (χ1) is 8.81. The first-order valence-electron chi connectivity index (χ1n) is 7.21. The molecule has 0 N–H and O–H groups in total. The summed E-state index contributed by atoms with van der Waals surface area (Å²) in [6.07, 6.45) is 5.43. The molecule has 18 heavy (non-hydrogen) atoms. The Morgan fingerprint density at radius 3 is 2.22 bits per heavy atom. The number of nitrogens with zero attached hydrogens (tertiary/aromatic N) is 2. The minimum Gasteiger partial charge on any atom is -0.304 e. The van der Waals surface area contributed by atoms with E-state index in [2.05, 4.69) is 47.2 Å². The largest absolute Gasteiger partial charge is 0.304 e. The van der Waals surface area contributed by atoms with E-state index in [-0.39, 0.29) is 0 Å². The average molecular weight is 243 g/mol. The van der Waals surface area contributed by atoms with E-state index in [1.165, 1.54) is 57.4 Å². The first kappa shape index (κ1) is 12.2. The smallest absolute Gasteiger partial charge is 0.0461 e. The molecule has 1 aliphatic carbocycles. The van der Waals surface area contributed by atoms with Crippen LogP contribution in [0.25, 0.3) is 0 Å². The molecule has 1 heterocycles. The normalized spacial score (nSPS) is 25.4. The summed E-state index contributed by atoms with van der Waals surface area (Å²) in [6.45, 7) is 4.85. The van der Waals surface area contributed by atoms with Gasteiger partial charge in [-0.1, -0.05) is 37.1 Å². The highest BCUT2D eigenvalue weighted by atomic mass is 15.3. The second-order valence-corrected chi connectivity index (χ2v) is 5.82. The van der Waals surface area contributed by atoms with Crippen LogP contribution in [0.2, 0.25) is 0 Å². The molecule has 97 valence electrons. The van der Waals surface area contributed by atoms with Crippen molar-refractivity contribution in [3.05, 3.63) is 35.9 Å². The lowest BCUT2D eigenvalue weighted by molar-refractivity contribution is 0.0405. The zero-order valence-corrected chi connectivity index (χ0v) is 11.4. The molecule has 1 radical (unpaired) electrons. The van der Waals surface area contributed by atoms with Crippen LogP contribution >= 0.6 is 0 Å². The Kier molecular flexibility index (Phi) is 3.40. The van der Waals surface area contributed by atoms with Gasteiger partial charge in [0.05, 0.1) is 0 Å². The Bertz CT molecular complexity index is 373. The second kappa shape index (κ2) is 5.02. The Hall–Kier alpha value is -0.860. The van der Waals surface area contributed by atoms with E-state index < -0.39 is 0 Å². The number of piperazine rings is 1. The Morgan fingerprint density at radius 2 is 1.61 bits per heavy atom. The SMILES string of the molecule is CN1CCN(C2(c3cc[c]cc3)CCCC2)CC1. The fraction of sp³-hybridized carbons (Fsp3) is 0.625. The molecule has 2 aliphatic rings. The predicted molar refractivity (Wildman–Crippen MR) is 74.5 cm³/mol. The highest BCUT2D eigenvalue weighted by Crippen LogP contribution is 2.44. The van der Waals surface area contributed by atoms with E-state index in [4.69, 9.17) is 0 Å². The van der Waals surface area contributed by atoms with E-state index in [1.54, 1.807) is 0 Å². The number of rotatable bonds is 2. The van der Waals surface area contributed by atoms with Crippen molar-refractivity contribution in [1.29, 1.82) is 0 Å². The fourth-order valence-corrected chi connectivity index (χ4v) is 3.68. The van der Waals surface area contributed by atoms with Crippen LogP contribution in [0.15, 0.2) is 24.3 Å². The molecule has 0 bridgehead atoms. The van der Waals surface area contributed by atoms with E-state index in [0.29, 0.717) is 5.54 Å². The maximum absolute atomic E-state index is 3.16. The van der Waals surface area contributed by atoms with Gasteiger partial charge in [0.15, 0.2) is 0 Å². The molecule has 2 fully saturated rings. The highest BCUT2D eigenvalue weighted by Gasteiger charge is 2.41. The summed E-state index contributed by atoms with van der Waals surface area (Å²) >= 11 is 0. The third-order valence-corrected chi connectivity index (χ3v) is 4.79. The van der Waals surface area contributed by atoms with Gasteiger partial charge in [-0.2, -0.15) is 0 Å². The van der Waals surface area contributed by atoms with E-state index in [1.807, 2.05) is 0 Å². The molecule has 0 unspecified atom stereocenters. The van der Waals surface area contributed by atoms with Crippen LogP contribution in [0.3, 0.4) is 0 Å². The number of likely N-dealkylation sites (N-methyl/N-ethyl adjacent to an activating group) is 1.